The molecule has 3 aromatic rings. The lowest BCUT2D eigenvalue weighted by Gasteiger charge is -2.06. The van der Waals surface area contributed by atoms with Crippen LogP contribution in [-0.4, -0.2) is 16.7 Å². The van der Waals surface area contributed by atoms with Crippen molar-refractivity contribution in [2.75, 3.05) is 11.9 Å². The van der Waals surface area contributed by atoms with Gasteiger partial charge in [0.2, 0.25) is 0 Å². The average molecular weight is 306 g/mol. The molecule has 4 nitrogen and oxygen atoms in total. The van der Waals surface area contributed by atoms with E-state index < -0.39 is 0 Å². The summed E-state index contributed by atoms with van der Waals surface area (Å²) < 4.78 is 1.29. The van der Waals surface area contributed by atoms with Crippen molar-refractivity contribution >= 4 is 38.7 Å². The molecule has 6 heteroatoms. The second-order valence-electron chi connectivity index (χ2n) is 4.36. The minimum Gasteiger partial charge on any atom is -0.382 e. The van der Waals surface area contributed by atoms with Crippen LogP contribution in [0.5, 0.6) is 0 Å². The Morgan fingerprint density at radius 2 is 2.20 bits per heavy atom. The third kappa shape index (κ3) is 2.55. The second kappa shape index (κ2) is 5.64. The maximum Gasteiger partial charge on any atom is 0.285 e. The van der Waals surface area contributed by atoms with Gasteiger partial charge in [-0.3, -0.25) is 4.79 Å². The Morgan fingerprint density at radius 3 is 3.10 bits per heavy atom. The van der Waals surface area contributed by atoms with Crippen molar-refractivity contribution in [1.29, 1.82) is 0 Å². The van der Waals surface area contributed by atoms with Gasteiger partial charge in [-0.25, -0.2) is 5.10 Å². The zero-order valence-electron chi connectivity index (χ0n) is 10.5. The quantitative estimate of drug-likeness (QED) is 0.777. The summed E-state index contributed by atoms with van der Waals surface area (Å²) in [5.74, 6) is 0. The molecular weight excluding hydrogens is 294 g/mol. The number of aromatic nitrogens is 2. The Balaban J connectivity index is 1.71. The van der Waals surface area contributed by atoms with E-state index in [2.05, 4.69) is 33.0 Å². The number of hydrogen-bond acceptors (Lipinski definition) is 4. The van der Waals surface area contributed by atoms with E-state index in [1.807, 2.05) is 12.1 Å². The molecular formula is C14H12ClN3OS. The van der Waals surface area contributed by atoms with E-state index >= 15 is 0 Å². The number of nitrogens with zero attached hydrogens (tertiary/aromatic N) is 1. The van der Waals surface area contributed by atoms with Gasteiger partial charge in [-0.2, -0.15) is 5.10 Å². The third-order valence-corrected chi connectivity index (χ3v) is 4.45. The van der Waals surface area contributed by atoms with Gasteiger partial charge in [0.15, 0.2) is 0 Å². The van der Waals surface area contributed by atoms with Crippen molar-refractivity contribution in [1.82, 2.24) is 10.2 Å². The summed E-state index contributed by atoms with van der Waals surface area (Å²) >= 11 is 7.65. The van der Waals surface area contributed by atoms with Gasteiger partial charge in [0.1, 0.15) is 5.02 Å². The van der Waals surface area contributed by atoms with Crippen molar-refractivity contribution in [2.24, 2.45) is 0 Å². The molecule has 0 bridgehead atoms. The monoisotopic (exact) mass is 305 g/mol. The first-order chi connectivity index (χ1) is 9.75. The van der Waals surface area contributed by atoms with Gasteiger partial charge in [0.25, 0.3) is 5.56 Å². The van der Waals surface area contributed by atoms with Crippen LogP contribution in [0.3, 0.4) is 0 Å². The number of rotatable bonds is 4. The summed E-state index contributed by atoms with van der Waals surface area (Å²) in [7, 11) is 0. The lowest BCUT2D eigenvalue weighted by molar-refractivity contribution is 0.972. The number of anilines is 1. The molecule has 3 rings (SSSR count). The zero-order valence-corrected chi connectivity index (χ0v) is 12.1. The van der Waals surface area contributed by atoms with Gasteiger partial charge >= 0.3 is 0 Å². The molecule has 0 aliphatic heterocycles. The first kappa shape index (κ1) is 13.1. The highest BCUT2D eigenvalue weighted by Crippen LogP contribution is 2.26. The van der Waals surface area contributed by atoms with Gasteiger partial charge in [0.05, 0.1) is 11.9 Å². The van der Waals surface area contributed by atoms with E-state index in [4.69, 9.17) is 11.6 Å². The maximum atomic E-state index is 11.3. The van der Waals surface area contributed by atoms with Crippen LogP contribution in [0.1, 0.15) is 5.56 Å². The fourth-order valence-electron chi connectivity index (χ4n) is 2.06. The lowest BCUT2D eigenvalue weighted by Crippen LogP contribution is -2.13. The first-order valence-corrected chi connectivity index (χ1v) is 7.43. The van der Waals surface area contributed by atoms with Gasteiger partial charge in [-0.15, -0.1) is 11.3 Å². The van der Waals surface area contributed by atoms with Crippen molar-refractivity contribution < 1.29 is 0 Å². The van der Waals surface area contributed by atoms with Crippen LogP contribution in [-0.2, 0) is 6.42 Å². The summed E-state index contributed by atoms with van der Waals surface area (Å²) in [6, 6.07) is 8.34. The predicted octanol–water partition coefficient (Wildman–Crippen LogP) is 3.29. The summed E-state index contributed by atoms with van der Waals surface area (Å²) in [6.07, 6.45) is 2.39. The van der Waals surface area contributed by atoms with E-state index in [9.17, 15) is 4.79 Å². The van der Waals surface area contributed by atoms with Crippen LogP contribution in [0.4, 0.5) is 5.69 Å². The molecule has 2 aromatic heterocycles. The fourth-order valence-corrected chi connectivity index (χ4v) is 3.22. The molecule has 0 spiro atoms. The number of hydrogen-bond donors (Lipinski definition) is 2. The number of thiophene rings is 1. The second-order valence-corrected chi connectivity index (χ2v) is 5.65. The van der Waals surface area contributed by atoms with Crippen LogP contribution >= 0.6 is 22.9 Å². The Hall–Kier alpha value is -1.85. The standard InChI is InChI=1S/C14H12ClN3OS/c15-13-11(7-17-18-14(13)19)16-6-5-9-8-20-12-4-2-1-3-10(9)12/h1-4,7-8H,5-6H2,(H2,16,18,19). The lowest BCUT2D eigenvalue weighted by atomic mass is 10.1. The molecule has 0 radical (unpaired) electrons. The summed E-state index contributed by atoms with van der Waals surface area (Å²) in [5, 5.41) is 12.8. The van der Waals surface area contributed by atoms with Crippen LogP contribution in [0, 0.1) is 0 Å². The summed E-state index contributed by atoms with van der Waals surface area (Å²) in [5.41, 5.74) is 1.49. The Labute approximate surface area is 124 Å². The smallest absolute Gasteiger partial charge is 0.285 e. The van der Waals surface area contributed by atoms with Crippen LogP contribution < -0.4 is 10.9 Å². The Morgan fingerprint density at radius 1 is 1.35 bits per heavy atom. The molecule has 0 amide bonds. The van der Waals surface area contributed by atoms with E-state index in [0.29, 0.717) is 12.2 Å². The predicted molar refractivity (Wildman–Crippen MR) is 83.9 cm³/mol. The van der Waals surface area contributed by atoms with E-state index in [1.165, 1.54) is 21.8 Å². The highest BCUT2D eigenvalue weighted by atomic mass is 35.5. The molecule has 0 aliphatic carbocycles. The molecule has 0 saturated carbocycles. The fraction of sp³-hybridized carbons (Fsp3) is 0.143. The van der Waals surface area contributed by atoms with E-state index in [0.717, 1.165) is 6.42 Å². The average Bonchev–Trinajstić information content (AvgIpc) is 2.87. The molecule has 0 aliphatic rings. The summed E-state index contributed by atoms with van der Waals surface area (Å²) in [6.45, 7) is 0.700. The first-order valence-electron chi connectivity index (χ1n) is 6.18. The molecule has 2 N–H and O–H groups in total. The van der Waals surface area contributed by atoms with Gasteiger partial charge in [0, 0.05) is 11.2 Å². The van der Waals surface area contributed by atoms with Gasteiger partial charge < -0.3 is 5.32 Å². The van der Waals surface area contributed by atoms with Crippen LogP contribution in [0.15, 0.2) is 40.6 Å². The number of benzene rings is 1. The Kier molecular flexibility index (Phi) is 3.71. The maximum absolute atomic E-state index is 11.3. The third-order valence-electron chi connectivity index (χ3n) is 3.07. The topological polar surface area (TPSA) is 57.8 Å². The van der Waals surface area contributed by atoms with Gasteiger partial charge in [-0.05, 0) is 28.8 Å². The van der Waals surface area contributed by atoms with Crippen molar-refractivity contribution in [3.05, 3.63) is 56.8 Å². The molecule has 102 valence electrons. The SMILES string of the molecule is O=c1[nH]ncc(NCCc2csc3ccccc23)c1Cl. The van der Waals surface area contributed by atoms with Crippen molar-refractivity contribution in [3.63, 3.8) is 0 Å². The number of H-pyrrole nitrogens is 1. The highest BCUT2D eigenvalue weighted by Gasteiger charge is 2.06. The number of aromatic amines is 1. The number of fused-ring (bicyclic) bond motifs is 1. The van der Waals surface area contributed by atoms with Crippen LogP contribution in [0.2, 0.25) is 5.02 Å². The van der Waals surface area contributed by atoms with E-state index in [1.54, 1.807) is 11.3 Å². The zero-order chi connectivity index (χ0) is 13.9. The molecule has 0 saturated heterocycles. The molecule has 1 aromatic carbocycles. The minimum absolute atomic E-state index is 0.148. The van der Waals surface area contributed by atoms with Gasteiger partial charge in [-0.1, -0.05) is 29.8 Å². The molecule has 0 fully saturated rings. The van der Waals surface area contributed by atoms with Crippen molar-refractivity contribution in [2.45, 2.75) is 6.42 Å². The molecule has 0 atom stereocenters. The number of halogens is 1. The number of nitrogens with one attached hydrogen (secondary N) is 2. The molecule has 20 heavy (non-hydrogen) atoms. The Bertz CT molecular complexity index is 796. The van der Waals surface area contributed by atoms with Crippen LogP contribution in [0.25, 0.3) is 10.1 Å². The minimum atomic E-state index is -0.377. The molecule has 2 heterocycles. The van der Waals surface area contributed by atoms with E-state index in [-0.39, 0.29) is 10.6 Å². The highest BCUT2D eigenvalue weighted by molar-refractivity contribution is 7.17. The van der Waals surface area contributed by atoms with Crippen molar-refractivity contribution in [3.8, 4) is 0 Å². The normalized spacial score (nSPS) is 10.8. The largest absolute Gasteiger partial charge is 0.382 e. The molecule has 0 unspecified atom stereocenters. The summed E-state index contributed by atoms with van der Waals surface area (Å²) in [4.78, 5) is 11.3.